The van der Waals surface area contributed by atoms with Crippen LogP contribution in [0.3, 0.4) is 0 Å². The summed E-state index contributed by atoms with van der Waals surface area (Å²) in [6.45, 7) is 1.87. The van der Waals surface area contributed by atoms with Gasteiger partial charge in [-0.25, -0.2) is 9.78 Å². The lowest BCUT2D eigenvalue weighted by atomic mass is 10.0. The van der Waals surface area contributed by atoms with E-state index in [4.69, 9.17) is 0 Å². The minimum absolute atomic E-state index is 0.122. The summed E-state index contributed by atoms with van der Waals surface area (Å²) in [5, 5.41) is 12.5. The molecule has 1 fully saturated rings. The Hall–Kier alpha value is -3.93. The van der Waals surface area contributed by atoms with E-state index in [0.29, 0.717) is 16.9 Å². The number of nitrogens with zero attached hydrogens (tertiary/aromatic N) is 1. The van der Waals surface area contributed by atoms with Crippen LogP contribution in [-0.2, 0) is 4.79 Å². The number of carbonyl (C=O) groups excluding carboxylic acids is 1. The highest BCUT2D eigenvalue weighted by atomic mass is 16.4. The molecule has 1 heterocycles. The number of H-pyrrole nitrogens is 1. The van der Waals surface area contributed by atoms with E-state index in [-0.39, 0.29) is 17.4 Å². The third-order valence-corrected chi connectivity index (χ3v) is 6.33. The number of carboxylic acid groups (broad SMARTS) is 1. The highest BCUT2D eigenvalue weighted by Gasteiger charge is 2.22. The molecule has 0 aliphatic heterocycles. The molecule has 1 amide bonds. The van der Waals surface area contributed by atoms with Crippen LogP contribution in [0.15, 0.2) is 60.7 Å². The number of hydrogen-bond donors (Lipinski definition) is 3. The second-order valence-corrected chi connectivity index (χ2v) is 8.72. The summed E-state index contributed by atoms with van der Waals surface area (Å²) in [6.07, 6.45) is 4.25. The molecule has 0 spiro atoms. The van der Waals surface area contributed by atoms with Crippen LogP contribution in [-0.4, -0.2) is 27.0 Å². The van der Waals surface area contributed by atoms with Crippen molar-refractivity contribution in [1.82, 2.24) is 9.97 Å². The number of fused-ring (bicyclic) bond motifs is 1. The number of nitrogens with one attached hydrogen (secondary N) is 2. The van der Waals surface area contributed by atoms with Gasteiger partial charge in [0.1, 0.15) is 11.3 Å². The largest absolute Gasteiger partial charge is 0.478 e. The molecule has 3 aromatic carbocycles. The van der Waals surface area contributed by atoms with Gasteiger partial charge in [0, 0.05) is 17.2 Å². The average molecular weight is 440 g/mol. The first kappa shape index (κ1) is 20.9. The summed E-state index contributed by atoms with van der Waals surface area (Å²) in [6, 6.07) is 19.4. The van der Waals surface area contributed by atoms with Gasteiger partial charge in [-0.3, -0.25) is 4.79 Å². The smallest absolute Gasteiger partial charge is 0.337 e. The molecular weight excluding hydrogens is 414 g/mol. The second-order valence-electron chi connectivity index (χ2n) is 8.72. The summed E-state index contributed by atoms with van der Waals surface area (Å²) in [5.41, 5.74) is 6.03. The van der Waals surface area contributed by atoms with Gasteiger partial charge in [-0.15, -0.1) is 0 Å². The summed E-state index contributed by atoms with van der Waals surface area (Å²) in [4.78, 5) is 31.7. The van der Waals surface area contributed by atoms with E-state index in [2.05, 4.69) is 15.3 Å². The van der Waals surface area contributed by atoms with E-state index in [1.54, 1.807) is 6.07 Å². The van der Waals surface area contributed by atoms with E-state index in [1.165, 1.54) is 0 Å². The minimum Gasteiger partial charge on any atom is -0.478 e. The maximum absolute atomic E-state index is 12.3. The molecule has 0 bridgehead atoms. The standard InChI is InChI=1S/C27H25N3O3/c1-16-14-22(27(32)33)24-23(15-16)29-25(30-24)19-8-6-17(7-9-19)18-10-12-21(13-11-18)28-26(31)20-4-2-3-5-20/h6-15,20H,2-5H2,1H3,(H,28,31)(H,29,30)(H,32,33). The van der Waals surface area contributed by atoms with Gasteiger partial charge in [-0.1, -0.05) is 49.2 Å². The van der Waals surface area contributed by atoms with Crippen molar-refractivity contribution in [3.05, 3.63) is 71.8 Å². The fourth-order valence-electron chi connectivity index (χ4n) is 4.56. The molecule has 4 aromatic rings. The SMILES string of the molecule is Cc1cc(C(=O)O)c2nc(-c3ccc(-c4ccc(NC(=O)C5CCCC5)cc4)cc3)[nH]c2c1. The number of carboxylic acids is 1. The summed E-state index contributed by atoms with van der Waals surface area (Å²) in [7, 11) is 0. The maximum Gasteiger partial charge on any atom is 0.337 e. The lowest BCUT2D eigenvalue weighted by molar-refractivity contribution is -0.119. The van der Waals surface area contributed by atoms with E-state index < -0.39 is 5.97 Å². The van der Waals surface area contributed by atoms with Crippen LogP contribution < -0.4 is 5.32 Å². The fourth-order valence-corrected chi connectivity index (χ4v) is 4.56. The van der Waals surface area contributed by atoms with Gasteiger partial charge in [0.05, 0.1) is 11.1 Å². The van der Waals surface area contributed by atoms with Crippen molar-refractivity contribution >= 4 is 28.6 Å². The zero-order chi connectivity index (χ0) is 22.9. The molecule has 33 heavy (non-hydrogen) atoms. The Morgan fingerprint density at radius 2 is 1.55 bits per heavy atom. The van der Waals surface area contributed by atoms with Crippen LogP contribution in [0.5, 0.6) is 0 Å². The lowest BCUT2D eigenvalue weighted by Gasteiger charge is -2.11. The summed E-state index contributed by atoms with van der Waals surface area (Å²) in [5.74, 6) is -0.0859. The van der Waals surface area contributed by atoms with E-state index >= 15 is 0 Å². The average Bonchev–Trinajstić information content (AvgIpc) is 3.49. The quantitative estimate of drug-likeness (QED) is 0.354. The fraction of sp³-hybridized carbons (Fsp3) is 0.222. The first-order valence-electron chi connectivity index (χ1n) is 11.2. The monoisotopic (exact) mass is 439 g/mol. The zero-order valence-electron chi connectivity index (χ0n) is 18.4. The molecule has 3 N–H and O–H groups in total. The van der Waals surface area contributed by atoms with Gasteiger partial charge < -0.3 is 15.4 Å². The zero-order valence-corrected chi connectivity index (χ0v) is 18.4. The molecule has 0 atom stereocenters. The first-order valence-corrected chi connectivity index (χ1v) is 11.2. The third kappa shape index (κ3) is 4.24. The number of aromatic nitrogens is 2. The van der Waals surface area contributed by atoms with Gasteiger partial charge in [0.15, 0.2) is 0 Å². The third-order valence-electron chi connectivity index (χ3n) is 6.33. The summed E-state index contributed by atoms with van der Waals surface area (Å²) >= 11 is 0. The molecule has 0 saturated heterocycles. The normalized spacial score (nSPS) is 14.0. The lowest BCUT2D eigenvalue weighted by Crippen LogP contribution is -2.20. The molecule has 6 heteroatoms. The molecule has 6 nitrogen and oxygen atoms in total. The number of rotatable bonds is 5. The molecule has 1 aliphatic rings. The summed E-state index contributed by atoms with van der Waals surface area (Å²) < 4.78 is 0. The molecule has 0 radical (unpaired) electrons. The number of imidazole rings is 1. The van der Waals surface area contributed by atoms with Crippen molar-refractivity contribution in [2.24, 2.45) is 5.92 Å². The molecule has 0 unspecified atom stereocenters. The molecule has 1 saturated carbocycles. The van der Waals surface area contributed by atoms with Crippen molar-refractivity contribution < 1.29 is 14.7 Å². The van der Waals surface area contributed by atoms with E-state index in [0.717, 1.165) is 53.6 Å². The Bertz CT molecular complexity index is 1330. The Kier molecular flexibility index (Phi) is 5.42. The van der Waals surface area contributed by atoms with Gasteiger partial charge in [-0.2, -0.15) is 0 Å². The second kappa shape index (κ2) is 8.54. The van der Waals surface area contributed by atoms with Crippen molar-refractivity contribution in [2.75, 3.05) is 5.32 Å². The predicted molar refractivity (Wildman–Crippen MR) is 129 cm³/mol. The number of aromatic carboxylic acids is 1. The number of anilines is 1. The maximum atomic E-state index is 12.3. The molecule has 1 aromatic heterocycles. The van der Waals surface area contributed by atoms with Crippen molar-refractivity contribution in [1.29, 1.82) is 0 Å². The van der Waals surface area contributed by atoms with Gasteiger partial charge in [-0.05, 0) is 60.7 Å². The molecule has 1 aliphatic carbocycles. The first-order chi connectivity index (χ1) is 16.0. The minimum atomic E-state index is -0.986. The number of aromatic amines is 1. The van der Waals surface area contributed by atoms with E-state index in [1.807, 2.05) is 61.5 Å². The number of amides is 1. The van der Waals surface area contributed by atoms with Crippen LogP contribution >= 0.6 is 0 Å². The van der Waals surface area contributed by atoms with Crippen LogP contribution in [0, 0.1) is 12.8 Å². The molecule has 166 valence electrons. The topological polar surface area (TPSA) is 95.1 Å². The Morgan fingerprint density at radius 1 is 0.939 bits per heavy atom. The Morgan fingerprint density at radius 3 is 2.18 bits per heavy atom. The molecular formula is C27H25N3O3. The van der Waals surface area contributed by atoms with Gasteiger partial charge in [0.2, 0.25) is 5.91 Å². The van der Waals surface area contributed by atoms with Gasteiger partial charge in [0.25, 0.3) is 0 Å². The number of carbonyl (C=O) groups is 2. The predicted octanol–water partition coefficient (Wildman–Crippen LogP) is 6.03. The van der Waals surface area contributed by atoms with Crippen LogP contribution in [0.2, 0.25) is 0 Å². The van der Waals surface area contributed by atoms with Crippen molar-refractivity contribution in [3.8, 4) is 22.5 Å². The Labute approximate surface area is 191 Å². The number of aryl methyl sites for hydroxylation is 1. The number of benzene rings is 3. The van der Waals surface area contributed by atoms with Crippen molar-refractivity contribution in [2.45, 2.75) is 32.6 Å². The highest BCUT2D eigenvalue weighted by Crippen LogP contribution is 2.29. The van der Waals surface area contributed by atoms with E-state index in [9.17, 15) is 14.7 Å². The molecule has 5 rings (SSSR count). The van der Waals surface area contributed by atoms with Crippen molar-refractivity contribution in [3.63, 3.8) is 0 Å². The Balaban J connectivity index is 1.35. The van der Waals surface area contributed by atoms with Crippen LogP contribution in [0.1, 0.15) is 41.6 Å². The highest BCUT2D eigenvalue weighted by molar-refractivity contribution is 6.02. The number of hydrogen-bond acceptors (Lipinski definition) is 3. The van der Waals surface area contributed by atoms with Crippen LogP contribution in [0.4, 0.5) is 5.69 Å². The van der Waals surface area contributed by atoms with Crippen LogP contribution in [0.25, 0.3) is 33.5 Å². The van der Waals surface area contributed by atoms with Gasteiger partial charge >= 0.3 is 5.97 Å².